The number of carbonyl (C=O) groups is 1. The summed E-state index contributed by atoms with van der Waals surface area (Å²) in [5.41, 5.74) is 0.654. The maximum atomic E-state index is 12.3. The number of amides is 1. The summed E-state index contributed by atoms with van der Waals surface area (Å²) in [6, 6.07) is 9.47. The van der Waals surface area contributed by atoms with Gasteiger partial charge in [0.1, 0.15) is 0 Å². The third-order valence-corrected chi connectivity index (χ3v) is 3.40. The van der Waals surface area contributed by atoms with E-state index in [0.29, 0.717) is 12.1 Å². The molecule has 1 saturated heterocycles. The topological polar surface area (TPSA) is 52.6 Å². The lowest BCUT2D eigenvalue weighted by molar-refractivity contribution is -0.144. The fraction of sp³-hybridized carbons (Fsp3) is 0.500. The van der Waals surface area contributed by atoms with Crippen molar-refractivity contribution in [3.63, 3.8) is 0 Å². The van der Waals surface area contributed by atoms with E-state index in [-0.39, 0.29) is 18.0 Å². The van der Waals surface area contributed by atoms with Gasteiger partial charge in [-0.05, 0) is 19.4 Å². The second-order valence-corrected chi connectivity index (χ2v) is 4.96. The van der Waals surface area contributed by atoms with Gasteiger partial charge in [-0.1, -0.05) is 30.3 Å². The van der Waals surface area contributed by atoms with Crippen LogP contribution >= 0.6 is 0 Å². The van der Waals surface area contributed by atoms with Gasteiger partial charge >= 0.3 is 0 Å². The van der Waals surface area contributed by atoms with Gasteiger partial charge in [-0.2, -0.15) is 0 Å². The maximum absolute atomic E-state index is 12.3. The first kappa shape index (κ1) is 13.1. The molecule has 2 rings (SSSR count). The number of aliphatic hydroxyl groups is 1. The first-order valence-electron chi connectivity index (χ1n) is 6.36. The fourth-order valence-corrected chi connectivity index (χ4v) is 2.26. The van der Waals surface area contributed by atoms with Crippen LogP contribution < -0.4 is 5.32 Å². The molecule has 3 unspecified atom stereocenters. The second kappa shape index (κ2) is 5.50. The quantitative estimate of drug-likeness (QED) is 0.818. The number of benzene rings is 1. The number of carbonyl (C=O) groups excluding carboxylic acids is 1. The van der Waals surface area contributed by atoms with E-state index >= 15 is 0 Å². The van der Waals surface area contributed by atoms with Crippen molar-refractivity contribution in [2.75, 3.05) is 13.1 Å². The minimum atomic E-state index is -1.06. The van der Waals surface area contributed by atoms with Crippen molar-refractivity contribution in [3.8, 4) is 0 Å². The number of aliphatic hydroxyl groups excluding tert-OH is 1. The molecule has 0 saturated carbocycles. The van der Waals surface area contributed by atoms with E-state index in [1.807, 2.05) is 32.0 Å². The minimum Gasteiger partial charge on any atom is -0.378 e. The van der Waals surface area contributed by atoms with Gasteiger partial charge < -0.3 is 15.3 Å². The number of hydrogen-bond acceptors (Lipinski definition) is 3. The Morgan fingerprint density at radius 2 is 2.06 bits per heavy atom. The van der Waals surface area contributed by atoms with Crippen LogP contribution in [0.25, 0.3) is 0 Å². The second-order valence-electron chi connectivity index (χ2n) is 4.96. The van der Waals surface area contributed by atoms with E-state index in [4.69, 9.17) is 0 Å². The van der Waals surface area contributed by atoms with Crippen molar-refractivity contribution in [3.05, 3.63) is 35.9 Å². The highest BCUT2D eigenvalue weighted by molar-refractivity contribution is 5.82. The number of hydrogen-bond donors (Lipinski definition) is 2. The van der Waals surface area contributed by atoms with Crippen LogP contribution in [0.5, 0.6) is 0 Å². The van der Waals surface area contributed by atoms with E-state index in [0.717, 1.165) is 6.54 Å². The summed E-state index contributed by atoms with van der Waals surface area (Å²) in [7, 11) is 0. The normalized spacial score (nSPS) is 25.8. The van der Waals surface area contributed by atoms with Crippen LogP contribution in [0.1, 0.15) is 25.5 Å². The number of nitrogens with zero attached hydrogens (tertiary/aromatic N) is 1. The molecule has 1 aliphatic heterocycles. The van der Waals surface area contributed by atoms with Gasteiger partial charge in [-0.25, -0.2) is 0 Å². The highest BCUT2D eigenvalue weighted by Crippen LogP contribution is 2.18. The van der Waals surface area contributed by atoms with E-state index in [1.165, 1.54) is 0 Å². The zero-order chi connectivity index (χ0) is 13.1. The highest BCUT2D eigenvalue weighted by Gasteiger charge is 2.31. The Hall–Kier alpha value is -1.39. The summed E-state index contributed by atoms with van der Waals surface area (Å²) in [6.45, 7) is 5.45. The van der Waals surface area contributed by atoms with E-state index < -0.39 is 6.10 Å². The zero-order valence-electron chi connectivity index (χ0n) is 10.8. The average Bonchev–Trinajstić information content (AvgIpc) is 2.41. The maximum Gasteiger partial charge on any atom is 0.256 e. The van der Waals surface area contributed by atoms with Gasteiger partial charge in [0.05, 0.1) is 0 Å². The molecule has 0 bridgehead atoms. The summed E-state index contributed by atoms with van der Waals surface area (Å²) < 4.78 is 0. The third-order valence-electron chi connectivity index (χ3n) is 3.40. The van der Waals surface area contributed by atoms with Crippen LogP contribution in [0.4, 0.5) is 0 Å². The molecule has 1 amide bonds. The molecule has 0 aliphatic carbocycles. The van der Waals surface area contributed by atoms with Crippen molar-refractivity contribution in [2.24, 2.45) is 0 Å². The Balaban J connectivity index is 2.10. The van der Waals surface area contributed by atoms with Crippen LogP contribution in [0.2, 0.25) is 0 Å². The standard InChI is InChI=1S/C14H20N2O2/c1-10-9-16(11(2)8-15-10)14(18)13(17)12-6-4-3-5-7-12/h3-7,10-11,13,15,17H,8-9H2,1-2H3. The lowest BCUT2D eigenvalue weighted by Gasteiger charge is -2.38. The summed E-state index contributed by atoms with van der Waals surface area (Å²) in [6.07, 6.45) is -1.06. The summed E-state index contributed by atoms with van der Waals surface area (Å²) >= 11 is 0. The summed E-state index contributed by atoms with van der Waals surface area (Å²) in [4.78, 5) is 14.1. The first-order chi connectivity index (χ1) is 8.59. The van der Waals surface area contributed by atoms with Crippen molar-refractivity contribution in [1.82, 2.24) is 10.2 Å². The molecule has 1 fully saturated rings. The van der Waals surface area contributed by atoms with Crippen LogP contribution in [0.15, 0.2) is 30.3 Å². The molecule has 3 atom stereocenters. The molecular weight excluding hydrogens is 228 g/mol. The largest absolute Gasteiger partial charge is 0.378 e. The number of piperazine rings is 1. The van der Waals surface area contributed by atoms with Gasteiger partial charge in [-0.15, -0.1) is 0 Å². The molecule has 1 aliphatic rings. The molecule has 18 heavy (non-hydrogen) atoms. The van der Waals surface area contributed by atoms with Gasteiger partial charge in [0, 0.05) is 25.2 Å². The molecule has 98 valence electrons. The smallest absolute Gasteiger partial charge is 0.256 e. The molecule has 1 aromatic carbocycles. The van der Waals surface area contributed by atoms with Crippen LogP contribution in [0, 0.1) is 0 Å². The Labute approximate surface area is 108 Å². The zero-order valence-corrected chi connectivity index (χ0v) is 10.8. The predicted octanol–water partition coefficient (Wildman–Crippen LogP) is 0.929. The van der Waals surface area contributed by atoms with Crippen LogP contribution in [-0.4, -0.2) is 41.1 Å². The first-order valence-corrected chi connectivity index (χ1v) is 6.36. The van der Waals surface area contributed by atoms with Gasteiger partial charge in [0.25, 0.3) is 5.91 Å². The molecular formula is C14H20N2O2. The SMILES string of the molecule is CC1CN(C(=O)C(O)c2ccccc2)C(C)CN1. The summed E-state index contributed by atoms with van der Waals surface area (Å²) in [5, 5.41) is 13.5. The van der Waals surface area contributed by atoms with Crippen LogP contribution in [0.3, 0.4) is 0 Å². The van der Waals surface area contributed by atoms with E-state index in [2.05, 4.69) is 5.32 Å². The van der Waals surface area contributed by atoms with E-state index in [1.54, 1.807) is 17.0 Å². The fourth-order valence-electron chi connectivity index (χ4n) is 2.26. The Morgan fingerprint density at radius 1 is 1.39 bits per heavy atom. The van der Waals surface area contributed by atoms with Crippen LogP contribution in [-0.2, 0) is 4.79 Å². The molecule has 1 heterocycles. The molecule has 4 heteroatoms. The van der Waals surface area contributed by atoms with Gasteiger partial charge in [0.15, 0.2) is 6.10 Å². The molecule has 4 nitrogen and oxygen atoms in total. The Morgan fingerprint density at radius 3 is 2.72 bits per heavy atom. The Bertz CT molecular complexity index is 408. The van der Waals surface area contributed by atoms with Crippen molar-refractivity contribution in [2.45, 2.75) is 32.0 Å². The molecule has 2 N–H and O–H groups in total. The molecule has 0 radical (unpaired) electrons. The number of rotatable bonds is 2. The number of nitrogens with one attached hydrogen (secondary N) is 1. The van der Waals surface area contributed by atoms with Crippen molar-refractivity contribution >= 4 is 5.91 Å². The average molecular weight is 248 g/mol. The highest BCUT2D eigenvalue weighted by atomic mass is 16.3. The Kier molecular flexibility index (Phi) is 3.99. The van der Waals surface area contributed by atoms with Crippen molar-refractivity contribution in [1.29, 1.82) is 0 Å². The lowest BCUT2D eigenvalue weighted by Crippen LogP contribution is -2.57. The molecule has 0 aromatic heterocycles. The lowest BCUT2D eigenvalue weighted by atomic mass is 10.1. The van der Waals surface area contributed by atoms with Gasteiger partial charge in [-0.3, -0.25) is 4.79 Å². The predicted molar refractivity (Wildman–Crippen MR) is 70.0 cm³/mol. The molecule has 1 aromatic rings. The monoisotopic (exact) mass is 248 g/mol. The minimum absolute atomic E-state index is 0.118. The van der Waals surface area contributed by atoms with Gasteiger partial charge in [0.2, 0.25) is 0 Å². The van der Waals surface area contributed by atoms with E-state index in [9.17, 15) is 9.90 Å². The molecule has 0 spiro atoms. The van der Waals surface area contributed by atoms with Crippen molar-refractivity contribution < 1.29 is 9.90 Å². The summed E-state index contributed by atoms with van der Waals surface area (Å²) in [5.74, 6) is -0.206. The third kappa shape index (κ3) is 2.71.